The van der Waals surface area contributed by atoms with Crippen LogP contribution in [0.25, 0.3) is 0 Å². The highest BCUT2D eigenvalue weighted by Gasteiger charge is 1.98. The molecule has 0 aromatic carbocycles. The monoisotopic (exact) mass is 188 g/mol. The van der Waals surface area contributed by atoms with Crippen molar-refractivity contribution in [1.82, 2.24) is 10.6 Å². The molecule has 0 radical (unpaired) electrons. The fraction of sp³-hybridized carbons (Fsp3) is 0.889. The van der Waals surface area contributed by atoms with Gasteiger partial charge in [0.2, 0.25) is 5.91 Å². The Morgan fingerprint density at radius 3 is 2.69 bits per heavy atom. The van der Waals surface area contributed by atoms with E-state index >= 15 is 0 Å². The summed E-state index contributed by atoms with van der Waals surface area (Å²) in [6.07, 6.45) is 2.38. The second-order valence-corrected chi connectivity index (χ2v) is 2.90. The number of hydrogen-bond acceptors (Lipinski definition) is 3. The third-order valence-corrected chi connectivity index (χ3v) is 1.68. The van der Waals surface area contributed by atoms with Crippen LogP contribution >= 0.6 is 0 Å². The van der Waals surface area contributed by atoms with Crippen molar-refractivity contribution in [3.8, 4) is 0 Å². The van der Waals surface area contributed by atoms with E-state index in [-0.39, 0.29) is 5.91 Å². The second kappa shape index (κ2) is 9.48. The van der Waals surface area contributed by atoms with Gasteiger partial charge >= 0.3 is 0 Å². The van der Waals surface area contributed by atoms with Crippen molar-refractivity contribution in [2.75, 3.05) is 33.9 Å². The number of amides is 1. The SMILES string of the molecule is CNCCCC(=O)NCCCOC. The molecular formula is C9H20N2O2. The van der Waals surface area contributed by atoms with Gasteiger partial charge in [-0.05, 0) is 26.4 Å². The number of carbonyl (C=O) groups is 1. The van der Waals surface area contributed by atoms with E-state index in [2.05, 4.69) is 10.6 Å². The molecule has 0 aromatic heterocycles. The highest BCUT2D eigenvalue weighted by molar-refractivity contribution is 5.75. The molecule has 0 rings (SSSR count). The van der Waals surface area contributed by atoms with Crippen molar-refractivity contribution >= 4 is 5.91 Å². The predicted octanol–water partition coefficient (Wildman–Crippen LogP) is 0.139. The molecule has 0 aliphatic heterocycles. The van der Waals surface area contributed by atoms with Crippen LogP contribution in [-0.4, -0.2) is 39.8 Å². The maximum absolute atomic E-state index is 11.1. The largest absolute Gasteiger partial charge is 0.385 e. The summed E-state index contributed by atoms with van der Waals surface area (Å²) in [7, 11) is 3.55. The molecule has 0 atom stereocenters. The van der Waals surface area contributed by atoms with Crippen LogP contribution < -0.4 is 10.6 Å². The molecule has 0 aliphatic rings. The van der Waals surface area contributed by atoms with Crippen LogP contribution in [0.4, 0.5) is 0 Å². The summed E-state index contributed by atoms with van der Waals surface area (Å²) in [5, 5.41) is 5.83. The molecule has 0 heterocycles. The van der Waals surface area contributed by atoms with Gasteiger partial charge < -0.3 is 15.4 Å². The molecule has 2 N–H and O–H groups in total. The Kier molecular flexibility index (Phi) is 9.03. The number of methoxy groups -OCH3 is 1. The van der Waals surface area contributed by atoms with Gasteiger partial charge in [-0.3, -0.25) is 4.79 Å². The lowest BCUT2D eigenvalue weighted by molar-refractivity contribution is -0.121. The normalized spacial score (nSPS) is 10.0. The summed E-state index contributed by atoms with van der Waals surface area (Å²) < 4.78 is 4.86. The number of nitrogens with one attached hydrogen (secondary N) is 2. The minimum Gasteiger partial charge on any atom is -0.385 e. The fourth-order valence-electron chi connectivity index (χ4n) is 0.958. The van der Waals surface area contributed by atoms with Crippen molar-refractivity contribution in [3.63, 3.8) is 0 Å². The van der Waals surface area contributed by atoms with Crippen LogP contribution in [0.3, 0.4) is 0 Å². The smallest absolute Gasteiger partial charge is 0.220 e. The van der Waals surface area contributed by atoms with Crippen molar-refractivity contribution in [2.45, 2.75) is 19.3 Å². The first-order valence-electron chi connectivity index (χ1n) is 4.71. The molecule has 0 aliphatic carbocycles. The van der Waals surface area contributed by atoms with Crippen molar-refractivity contribution < 1.29 is 9.53 Å². The van der Waals surface area contributed by atoms with Gasteiger partial charge in [0, 0.05) is 26.7 Å². The Labute approximate surface area is 80.0 Å². The summed E-state index contributed by atoms with van der Waals surface area (Å²) in [5.74, 6) is 0.131. The van der Waals surface area contributed by atoms with E-state index in [1.165, 1.54) is 0 Å². The molecule has 0 unspecified atom stereocenters. The van der Waals surface area contributed by atoms with Crippen molar-refractivity contribution in [3.05, 3.63) is 0 Å². The van der Waals surface area contributed by atoms with Crippen LogP contribution in [0, 0.1) is 0 Å². The maximum atomic E-state index is 11.1. The predicted molar refractivity (Wildman–Crippen MR) is 52.7 cm³/mol. The van der Waals surface area contributed by atoms with Crippen LogP contribution in [0.15, 0.2) is 0 Å². The summed E-state index contributed by atoms with van der Waals surface area (Å²) in [6, 6.07) is 0. The van der Waals surface area contributed by atoms with E-state index in [4.69, 9.17) is 4.74 Å². The van der Waals surface area contributed by atoms with E-state index in [9.17, 15) is 4.79 Å². The molecule has 13 heavy (non-hydrogen) atoms. The lowest BCUT2D eigenvalue weighted by Crippen LogP contribution is -2.25. The Hall–Kier alpha value is -0.610. The quantitative estimate of drug-likeness (QED) is 0.533. The standard InChI is InChI=1S/C9H20N2O2/c1-10-6-3-5-9(12)11-7-4-8-13-2/h10H,3-8H2,1-2H3,(H,11,12). The molecule has 0 saturated carbocycles. The van der Waals surface area contributed by atoms with Crippen LogP contribution in [0.1, 0.15) is 19.3 Å². The minimum atomic E-state index is 0.131. The van der Waals surface area contributed by atoms with Crippen LogP contribution in [-0.2, 0) is 9.53 Å². The summed E-state index contributed by atoms with van der Waals surface area (Å²) in [5.41, 5.74) is 0. The van der Waals surface area contributed by atoms with E-state index in [1.54, 1.807) is 7.11 Å². The average Bonchev–Trinajstić information content (AvgIpc) is 2.13. The Morgan fingerprint density at radius 1 is 1.31 bits per heavy atom. The van der Waals surface area contributed by atoms with Gasteiger partial charge in [-0.1, -0.05) is 0 Å². The molecular weight excluding hydrogens is 168 g/mol. The van der Waals surface area contributed by atoms with Crippen LogP contribution in [0.5, 0.6) is 0 Å². The van der Waals surface area contributed by atoms with Crippen molar-refractivity contribution in [1.29, 1.82) is 0 Å². The number of ether oxygens (including phenoxy) is 1. The van der Waals surface area contributed by atoms with Gasteiger partial charge in [0.05, 0.1) is 0 Å². The van der Waals surface area contributed by atoms with Gasteiger partial charge in [0.25, 0.3) is 0 Å². The Balaban J connectivity index is 3.11. The highest BCUT2D eigenvalue weighted by atomic mass is 16.5. The van der Waals surface area contributed by atoms with Crippen LogP contribution in [0.2, 0.25) is 0 Å². The lowest BCUT2D eigenvalue weighted by atomic mass is 10.3. The van der Waals surface area contributed by atoms with E-state index in [0.717, 1.165) is 19.4 Å². The first kappa shape index (κ1) is 12.4. The zero-order valence-corrected chi connectivity index (χ0v) is 8.56. The van der Waals surface area contributed by atoms with Gasteiger partial charge in [-0.2, -0.15) is 0 Å². The summed E-state index contributed by atoms with van der Waals surface area (Å²) in [4.78, 5) is 11.1. The second-order valence-electron chi connectivity index (χ2n) is 2.90. The minimum absolute atomic E-state index is 0.131. The molecule has 0 fully saturated rings. The number of hydrogen-bond donors (Lipinski definition) is 2. The highest BCUT2D eigenvalue weighted by Crippen LogP contribution is 1.86. The molecule has 1 amide bonds. The Morgan fingerprint density at radius 2 is 2.08 bits per heavy atom. The van der Waals surface area contributed by atoms with Gasteiger partial charge in [-0.15, -0.1) is 0 Å². The summed E-state index contributed by atoms with van der Waals surface area (Å²) in [6.45, 7) is 2.31. The molecule has 0 bridgehead atoms. The zero-order valence-electron chi connectivity index (χ0n) is 8.56. The first-order valence-corrected chi connectivity index (χ1v) is 4.71. The molecule has 0 aromatic rings. The molecule has 4 nitrogen and oxygen atoms in total. The first-order chi connectivity index (χ1) is 6.31. The zero-order chi connectivity index (χ0) is 9.94. The third kappa shape index (κ3) is 9.30. The third-order valence-electron chi connectivity index (χ3n) is 1.68. The average molecular weight is 188 g/mol. The van der Waals surface area contributed by atoms with E-state index < -0.39 is 0 Å². The number of rotatable bonds is 8. The molecule has 0 saturated heterocycles. The summed E-state index contributed by atoms with van der Waals surface area (Å²) >= 11 is 0. The Bertz CT molecular complexity index is 129. The van der Waals surface area contributed by atoms with E-state index in [0.29, 0.717) is 19.6 Å². The number of carbonyl (C=O) groups excluding carboxylic acids is 1. The van der Waals surface area contributed by atoms with E-state index in [1.807, 2.05) is 7.05 Å². The van der Waals surface area contributed by atoms with Gasteiger partial charge in [-0.25, -0.2) is 0 Å². The van der Waals surface area contributed by atoms with Gasteiger partial charge in [0.1, 0.15) is 0 Å². The molecule has 4 heteroatoms. The maximum Gasteiger partial charge on any atom is 0.220 e. The lowest BCUT2D eigenvalue weighted by Gasteiger charge is -2.04. The molecule has 78 valence electrons. The molecule has 0 spiro atoms. The topological polar surface area (TPSA) is 50.4 Å². The van der Waals surface area contributed by atoms with Crippen molar-refractivity contribution in [2.24, 2.45) is 0 Å². The van der Waals surface area contributed by atoms with Gasteiger partial charge in [0.15, 0.2) is 0 Å². The fourth-order valence-corrected chi connectivity index (χ4v) is 0.958.